The second kappa shape index (κ2) is 17.8. The third-order valence-electron chi connectivity index (χ3n) is 5.57. The number of rotatable bonds is 4. The van der Waals surface area contributed by atoms with Gasteiger partial charge in [0.25, 0.3) is 0 Å². The Kier molecular flexibility index (Phi) is 16.4. The summed E-state index contributed by atoms with van der Waals surface area (Å²) in [5, 5.41) is 9.00. The summed E-state index contributed by atoms with van der Waals surface area (Å²) >= 11 is 12.1. The van der Waals surface area contributed by atoms with Gasteiger partial charge in [-0.15, -0.1) is 11.6 Å². The fraction of sp³-hybridized carbons (Fsp3) is 0.600. The quantitative estimate of drug-likeness (QED) is 0.347. The Morgan fingerprint density at radius 2 is 1.35 bits per heavy atom. The van der Waals surface area contributed by atoms with Gasteiger partial charge in [0.05, 0.1) is 18.8 Å². The zero-order valence-electron chi connectivity index (χ0n) is 19.5. The van der Waals surface area contributed by atoms with E-state index >= 15 is 0 Å². The molecule has 4 heterocycles. The van der Waals surface area contributed by atoms with Crippen molar-refractivity contribution in [3.63, 3.8) is 0 Å². The van der Waals surface area contributed by atoms with E-state index in [4.69, 9.17) is 21.4 Å². The number of pyridine rings is 2. The highest BCUT2D eigenvalue weighted by Crippen LogP contribution is 2.15. The molecule has 9 heteroatoms. The third-order valence-corrected chi connectivity index (χ3v) is 6.82. The lowest BCUT2D eigenvalue weighted by Gasteiger charge is -2.28. The molecule has 2 aromatic heterocycles. The monoisotopic (exact) mass is 620 g/mol. The van der Waals surface area contributed by atoms with Crippen LogP contribution in [0.3, 0.4) is 0 Å². The zero-order valence-corrected chi connectivity index (χ0v) is 23.4. The number of ether oxygens (including phenoxy) is 1. The molecule has 2 aliphatic rings. The molecule has 0 amide bonds. The molecule has 192 valence electrons. The zero-order chi connectivity index (χ0) is 24.1. The fourth-order valence-electron chi connectivity index (χ4n) is 3.34. The van der Waals surface area contributed by atoms with Crippen molar-refractivity contribution in [2.75, 3.05) is 40.3 Å². The molecule has 34 heavy (non-hydrogen) atoms. The molecular weight excluding hydrogens is 584 g/mol. The summed E-state index contributed by atoms with van der Waals surface area (Å²) in [7, 11) is 4.25. The minimum atomic E-state index is -0.0220. The van der Waals surface area contributed by atoms with Gasteiger partial charge in [-0.3, -0.25) is 0 Å². The number of aliphatic hydroxyl groups is 1. The van der Waals surface area contributed by atoms with E-state index in [2.05, 4.69) is 65.7 Å². The molecule has 0 bridgehead atoms. The molecule has 0 atom stereocenters. The lowest BCUT2D eigenvalue weighted by atomic mass is 10.1. The number of piperidine rings is 2. The van der Waals surface area contributed by atoms with E-state index in [-0.39, 0.29) is 13.5 Å². The molecule has 0 aromatic carbocycles. The largest absolute Gasteiger partial charge is 0.393 e. The van der Waals surface area contributed by atoms with Crippen molar-refractivity contribution in [3.05, 3.63) is 57.0 Å². The molecule has 4 rings (SSSR count). The van der Waals surface area contributed by atoms with Crippen LogP contribution in [-0.2, 0) is 17.2 Å². The number of aromatic nitrogens is 2. The Hall–Kier alpha value is -0.610. The van der Waals surface area contributed by atoms with Crippen LogP contribution in [-0.4, -0.2) is 77.4 Å². The fourth-order valence-corrected chi connectivity index (χ4v) is 3.97. The highest BCUT2D eigenvalue weighted by atomic mass is 79.9. The number of hydrogen-bond acceptors (Lipinski definition) is 6. The highest BCUT2D eigenvalue weighted by molar-refractivity contribution is 9.10. The van der Waals surface area contributed by atoms with Crippen molar-refractivity contribution >= 4 is 43.5 Å². The maximum Gasteiger partial charge on any atom is 0.106 e. The van der Waals surface area contributed by atoms with Crippen LogP contribution in [0.4, 0.5) is 0 Å². The van der Waals surface area contributed by atoms with Gasteiger partial charge in [-0.2, -0.15) is 0 Å². The van der Waals surface area contributed by atoms with Gasteiger partial charge >= 0.3 is 0 Å². The topological polar surface area (TPSA) is 61.7 Å². The van der Waals surface area contributed by atoms with Crippen molar-refractivity contribution in [2.24, 2.45) is 0 Å². The van der Waals surface area contributed by atoms with Crippen molar-refractivity contribution < 1.29 is 9.84 Å². The molecule has 0 radical (unpaired) electrons. The second-order valence-corrected chi connectivity index (χ2v) is 10.4. The standard InChI is InChI=1S/C12H17BrN2O.C6H5BrClN.C6H13NO.CH4/c1-15-6-4-11(5-7-15)16-9-10-2-3-12(13)14-8-10;7-6-2-1-5(3-8)4-9-6;1-7-4-2-6(8)3-5-7;/h2-3,8,11H,4-7,9H2,1H3;1-2,4H,3H2;6,8H,2-5H2,1H3;1H4. The third kappa shape index (κ3) is 13.5. The molecule has 2 aliphatic heterocycles. The van der Waals surface area contributed by atoms with Gasteiger partial charge < -0.3 is 19.6 Å². The van der Waals surface area contributed by atoms with Crippen LogP contribution in [0.25, 0.3) is 0 Å². The molecule has 1 N–H and O–H groups in total. The minimum absolute atomic E-state index is 0. The van der Waals surface area contributed by atoms with Gasteiger partial charge in [-0.05, 0) is 94.9 Å². The molecule has 2 aromatic rings. The molecule has 6 nitrogen and oxygen atoms in total. The van der Waals surface area contributed by atoms with Crippen LogP contribution in [0.2, 0.25) is 0 Å². The minimum Gasteiger partial charge on any atom is -0.393 e. The van der Waals surface area contributed by atoms with Crippen molar-refractivity contribution in [2.45, 2.75) is 57.8 Å². The predicted molar refractivity (Wildman–Crippen MR) is 148 cm³/mol. The number of alkyl halides is 1. The van der Waals surface area contributed by atoms with E-state index in [0.717, 1.165) is 72.2 Å². The number of hydrogen-bond donors (Lipinski definition) is 1. The Labute approximate surface area is 227 Å². The Bertz CT molecular complexity index is 757. The molecule has 0 saturated carbocycles. The van der Waals surface area contributed by atoms with E-state index in [1.807, 2.05) is 30.5 Å². The molecule has 0 aliphatic carbocycles. The number of likely N-dealkylation sites (tertiary alicyclic amines) is 2. The number of aliphatic hydroxyl groups excluding tert-OH is 1. The summed E-state index contributed by atoms with van der Waals surface area (Å²) in [6.07, 6.45) is 8.19. The first kappa shape index (κ1) is 31.4. The first-order valence-electron chi connectivity index (χ1n) is 11.3. The van der Waals surface area contributed by atoms with Crippen LogP contribution in [0.15, 0.2) is 45.9 Å². The molecular formula is C25H39Br2ClN4O2. The second-order valence-electron chi connectivity index (χ2n) is 8.46. The number of nitrogens with zero attached hydrogens (tertiary/aromatic N) is 4. The van der Waals surface area contributed by atoms with E-state index in [1.165, 1.54) is 0 Å². The summed E-state index contributed by atoms with van der Waals surface area (Å²) in [4.78, 5) is 12.8. The summed E-state index contributed by atoms with van der Waals surface area (Å²) in [5.41, 5.74) is 2.18. The lowest BCUT2D eigenvalue weighted by Crippen LogP contribution is -2.34. The average molecular weight is 623 g/mol. The smallest absolute Gasteiger partial charge is 0.106 e. The van der Waals surface area contributed by atoms with Gasteiger partial charge in [0.2, 0.25) is 0 Å². The van der Waals surface area contributed by atoms with Gasteiger partial charge in [-0.1, -0.05) is 19.6 Å². The van der Waals surface area contributed by atoms with Crippen molar-refractivity contribution in [3.8, 4) is 0 Å². The summed E-state index contributed by atoms with van der Waals surface area (Å²) in [6.45, 7) is 5.07. The summed E-state index contributed by atoms with van der Waals surface area (Å²) in [5.74, 6) is 0.528. The molecule has 0 spiro atoms. The van der Waals surface area contributed by atoms with Crippen molar-refractivity contribution in [1.29, 1.82) is 0 Å². The lowest BCUT2D eigenvalue weighted by molar-refractivity contribution is 0.00203. The maximum atomic E-state index is 9.00. The number of halogens is 3. The molecule has 2 saturated heterocycles. The van der Waals surface area contributed by atoms with Gasteiger partial charge in [-0.25, -0.2) is 9.97 Å². The average Bonchev–Trinajstić information content (AvgIpc) is 2.83. The van der Waals surface area contributed by atoms with E-state index < -0.39 is 0 Å². The molecule has 2 fully saturated rings. The highest BCUT2D eigenvalue weighted by Gasteiger charge is 2.16. The van der Waals surface area contributed by atoms with Crippen LogP contribution in [0.5, 0.6) is 0 Å². The summed E-state index contributed by atoms with van der Waals surface area (Å²) < 4.78 is 7.59. The SMILES string of the molecule is C.CN1CCC(O)CC1.CN1CCC(OCc2ccc(Br)nc2)CC1.ClCc1ccc(Br)nc1. The van der Waals surface area contributed by atoms with Crippen LogP contribution < -0.4 is 0 Å². The Morgan fingerprint density at radius 1 is 0.882 bits per heavy atom. The molecule has 0 unspecified atom stereocenters. The Morgan fingerprint density at radius 3 is 1.76 bits per heavy atom. The first-order valence-corrected chi connectivity index (χ1v) is 13.4. The van der Waals surface area contributed by atoms with Crippen molar-refractivity contribution in [1.82, 2.24) is 19.8 Å². The van der Waals surface area contributed by atoms with E-state index in [9.17, 15) is 0 Å². The van der Waals surface area contributed by atoms with E-state index in [1.54, 1.807) is 6.20 Å². The van der Waals surface area contributed by atoms with Gasteiger partial charge in [0.15, 0.2) is 0 Å². The Balaban J connectivity index is 0.000000274. The van der Waals surface area contributed by atoms with Crippen LogP contribution in [0, 0.1) is 0 Å². The maximum absolute atomic E-state index is 9.00. The summed E-state index contributed by atoms with van der Waals surface area (Å²) in [6, 6.07) is 7.81. The van der Waals surface area contributed by atoms with Crippen LogP contribution in [0.1, 0.15) is 44.2 Å². The normalized spacial score (nSPS) is 17.6. The van der Waals surface area contributed by atoms with Crippen LogP contribution >= 0.6 is 43.5 Å². The first-order chi connectivity index (χ1) is 15.9. The van der Waals surface area contributed by atoms with E-state index in [0.29, 0.717) is 18.6 Å². The predicted octanol–water partition coefficient (Wildman–Crippen LogP) is 5.75. The van der Waals surface area contributed by atoms with Gasteiger partial charge in [0.1, 0.15) is 9.21 Å². The van der Waals surface area contributed by atoms with Gasteiger partial charge in [0, 0.05) is 44.5 Å².